The molecule has 0 radical (unpaired) electrons. The third kappa shape index (κ3) is 5.85. The number of nitrogens with one attached hydrogen (secondary N) is 1. The summed E-state index contributed by atoms with van der Waals surface area (Å²) in [5, 5.41) is 3.70. The lowest BCUT2D eigenvalue weighted by Gasteiger charge is -2.35. The average molecular weight is 410 g/mol. The Morgan fingerprint density at radius 1 is 1.44 bits per heavy atom. The number of likely N-dealkylation sites (tertiary alicyclic amines) is 1. The van der Waals surface area contributed by atoms with Gasteiger partial charge in [-0.1, -0.05) is 23.4 Å². The molecule has 27 heavy (non-hydrogen) atoms. The van der Waals surface area contributed by atoms with Gasteiger partial charge >= 0.3 is 0 Å². The molecule has 0 unspecified atom stereocenters. The Hall–Kier alpha value is -1.77. The van der Waals surface area contributed by atoms with Crippen molar-refractivity contribution < 1.29 is 9.21 Å². The molecule has 1 amide bonds. The van der Waals surface area contributed by atoms with Gasteiger partial charge in [-0.25, -0.2) is 9.97 Å². The summed E-state index contributed by atoms with van der Waals surface area (Å²) in [6.07, 6.45) is 3.76. The van der Waals surface area contributed by atoms with E-state index in [1.807, 2.05) is 13.1 Å². The summed E-state index contributed by atoms with van der Waals surface area (Å²) in [4.78, 5) is 25.3. The zero-order valence-electron chi connectivity index (χ0n) is 15.5. The monoisotopic (exact) mass is 409 g/mol. The number of hydrogen-bond donors (Lipinski definition) is 1. The van der Waals surface area contributed by atoms with E-state index in [0.29, 0.717) is 22.9 Å². The molecule has 2 aromatic heterocycles. The van der Waals surface area contributed by atoms with Crippen LogP contribution in [0.25, 0.3) is 0 Å². The molecular formula is C18H24ClN5O2S. The van der Waals surface area contributed by atoms with E-state index < -0.39 is 0 Å². The Kier molecular flexibility index (Phi) is 6.98. The molecule has 0 saturated carbocycles. The topological polar surface area (TPSA) is 74.5 Å². The number of hydrogen-bond acceptors (Lipinski definition) is 7. The first kappa shape index (κ1) is 20.0. The molecule has 0 spiro atoms. The van der Waals surface area contributed by atoms with Crippen molar-refractivity contribution in [2.75, 3.05) is 37.8 Å². The Balaban J connectivity index is 1.55. The number of carbonyl (C=O) groups is 1. The number of anilines is 1. The maximum absolute atomic E-state index is 12.0. The van der Waals surface area contributed by atoms with Crippen LogP contribution in [-0.4, -0.2) is 59.8 Å². The minimum absolute atomic E-state index is 0.106. The first-order chi connectivity index (χ1) is 13.0. The molecule has 3 rings (SSSR count). The number of aromatic nitrogens is 2. The maximum Gasteiger partial charge on any atom is 0.230 e. The largest absolute Gasteiger partial charge is 0.467 e. The van der Waals surface area contributed by atoms with E-state index in [-0.39, 0.29) is 11.7 Å². The highest BCUT2D eigenvalue weighted by Crippen LogP contribution is 2.25. The molecule has 0 atom stereocenters. The predicted molar refractivity (Wildman–Crippen MR) is 107 cm³/mol. The van der Waals surface area contributed by atoms with Gasteiger partial charge in [-0.2, -0.15) is 0 Å². The van der Waals surface area contributed by atoms with Crippen LogP contribution in [0.2, 0.25) is 5.15 Å². The van der Waals surface area contributed by atoms with E-state index >= 15 is 0 Å². The maximum atomic E-state index is 12.0. The lowest BCUT2D eigenvalue weighted by Crippen LogP contribution is -2.42. The van der Waals surface area contributed by atoms with Crippen molar-refractivity contribution in [2.24, 2.45) is 0 Å². The van der Waals surface area contributed by atoms with Crippen LogP contribution >= 0.6 is 23.4 Å². The minimum atomic E-state index is -0.106. The summed E-state index contributed by atoms with van der Waals surface area (Å²) in [5.74, 6) is 1.63. The molecule has 0 aromatic carbocycles. The first-order valence-corrected chi connectivity index (χ1v) is 10.3. The molecule has 7 nitrogen and oxygen atoms in total. The predicted octanol–water partition coefficient (Wildman–Crippen LogP) is 2.66. The minimum Gasteiger partial charge on any atom is -0.467 e. The van der Waals surface area contributed by atoms with Crippen molar-refractivity contribution in [3.05, 3.63) is 35.4 Å². The quantitative estimate of drug-likeness (QED) is 0.428. The zero-order valence-corrected chi connectivity index (χ0v) is 17.1. The molecule has 0 aliphatic carbocycles. The van der Waals surface area contributed by atoms with Gasteiger partial charge < -0.3 is 19.5 Å². The summed E-state index contributed by atoms with van der Waals surface area (Å²) in [5.41, 5.74) is 0. The van der Waals surface area contributed by atoms with E-state index in [1.54, 1.807) is 18.4 Å². The Morgan fingerprint density at radius 2 is 2.22 bits per heavy atom. The standard InChI is InChI=1S/C18H24ClN5O2S/c1-23-7-5-13(6-8-23)24(2)16-10-15(19)21-18(22-16)27-12-17(25)20-11-14-4-3-9-26-14/h3-4,9-10,13H,5-8,11-12H2,1-2H3,(H,20,25). The fraction of sp³-hybridized carbons (Fsp3) is 0.500. The van der Waals surface area contributed by atoms with Crippen LogP contribution in [0.15, 0.2) is 34.0 Å². The van der Waals surface area contributed by atoms with E-state index in [2.05, 4.69) is 32.1 Å². The SMILES string of the molecule is CN1CCC(N(C)c2cc(Cl)nc(SCC(=O)NCc3ccco3)n2)CC1. The van der Waals surface area contributed by atoms with E-state index in [1.165, 1.54) is 11.8 Å². The number of amides is 1. The number of rotatable bonds is 7. The highest BCUT2D eigenvalue weighted by atomic mass is 35.5. The molecule has 2 aromatic rings. The van der Waals surface area contributed by atoms with Gasteiger partial charge in [0.1, 0.15) is 16.7 Å². The molecule has 146 valence electrons. The summed E-state index contributed by atoms with van der Waals surface area (Å²) < 4.78 is 5.20. The van der Waals surface area contributed by atoms with Gasteiger partial charge in [0.25, 0.3) is 0 Å². The zero-order chi connectivity index (χ0) is 19.2. The van der Waals surface area contributed by atoms with E-state index in [9.17, 15) is 4.79 Å². The second kappa shape index (κ2) is 9.43. The van der Waals surface area contributed by atoms with Crippen molar-refractivity contribution in [2.45, 2.75) is 30.6 Å². The number of nitrogens with zero attached hydrogens (tertiary/aromatic N) is 4. The first-order valence-electron chi connectivity index (χ1n) is 8.89. The number of carbonyl (C=O) groups excluding carboxylic acids is 1. The summed E-state index contributed by atoms with van der Waals surface area (Å²) in [6, 6.07) is 5.82. The van der Waals surface area contributed by atoms with Gasteiger partial charge in [0, 0.05) is 19.2 Å². The van der Waals surface area contributed by atoms with Crippen LogP contribution in [0.1, 0.15) is 18.6 Å². The van der Waals surface area contributed by atoms with Crippen LogP contribution < -0.4 is 10.2 Å². The fourth-order valence-electron chi connectivity index (χ4n) is 2.98. The van der Waals surface area contributed by atoms with Crippen molar-refractivity contribution >= 4 is 35.1 Å². The van der Waals surface area contributed by atoms with Crippen LogP contribution in [0, 0.1) is 0 Å². The number of halogens is 1. The smallest absolute Gasteiger partial charge is 0.230 e. The number of furan rings is 1. The molecule has 9 heteroatoms. The van der Waals surface area contributed by atoms with Gasteiger partial charge in [0.15, 0.2) is 5.16 Å². The Labute approximate surface area is 168 Å². The molecule has 1 N–H and O–H groups in total. The second-order valence-corrected chi connectivity index (χ2v) is 7.95. The Morgan fingerprint density at radius 3 is 2.93 bits per heavy atom. The molecule has 1 saturated heterocycles. The van der Waals surface area contributed by atoms with Crippen molar-refractivity contribution in [1.29, 1.82) is 0 Å². The molecule has 0 bridgehead atoms. The van der Waals surface area contributed by atoms with Gasteiger partial charge in [-0.05, 0) is 45.1 Å². The number of piperidine rings is 1. The van der Waals surface area contributed by atoms with Crippen LogP contribution in [0.5, 0.6) is 0 Å². The summed E-state index contributed by atoms with van der Waals surface area (Å²) in [7, 11) is 4.18. The normalized spacial score (nSPS) is 15.7. The average Bonchev–Trinajstić information content (AvgIpc) is 3.18. The molecule has 1 aliphatic rings. The van der Waals surface area contributed by atoms with Crippen molar-refractivity contribution in [3.8, 4) is 0 Å². The highest BCUT2D eigenvalue weighted by Gasteiger charge is 2.22. The van der Waals surface area contributed by atoms with Crippen LogP contribution in [0.4, 0.5) is 5.82 Å². The van der Waals surface area contributed by atoms with Gasteiger partial charge in [0.2, 0.25) is 5.91 Å². The van der Waals surface area contributed by atoms with E-state index in [4.69, 9.17) is 16.0 Å². The number of thioether (sulfide) groups is 1. The summed E-state index contributed by atoms with van der Waals surface area (Å²) in [6.45, 7) is 2.52. The third-order valence-electron chi connectivity index (χ3n) is 4.63. The van der Waals surface area contributed by atoms with Gasteiger partial charge in [-0.15, -0.1) is 0 Å². The van der Waals surface area contributed by atoms with E-state index in [0.717, 1.165) is 37.5 Å². The molecular weight excluding hydrogens is 386 g/mol. The van der Waals surface area contributed by atoms with Gasteiger partial charge in [0.05, 0.1) is 18.6 Å². The van der Waals surface area contributed by atoms with Crippen molar-refractivity contribution in [1.82, 2.24) is 20.2 Å². The highest BCUT2D eigenvalue weighted by molar-refractivity contribution is 7.99. The summed E-state index contributed by atoms with van der Waals surface area (Å²) >= 11 is 7.46. The molecule has 3 heterocycles. The van der Waals surface area contributed by atoms with Gasteiger partial charge in [-0.3, -0.25) is 4.79 Å². The third-order valence-corrected chi connectivity index (χ3v) is 5.67. The molecule has 1 fully saturated rings. The van der Waals surface area contributed by atoms with Crippen molar-refractivity contribution in [3.63, 3.8) is 0 Å². The second-order valence-electron chi connectivity index (χ2n) is 6.62. The lowest BCUT2D eigenvalue weighted by molar-refractivity contribution is -0.118. The fourth-order valence-corrected chi connectivity index (χ4v) is 3.89. The molecule has 1 aliphatic heterocycles. The lowest BCUT2D eigenvalue weighted by atomic mass is 10.0. The van der Waals surface area contributed by atoms with Crippen LogP contribution in [-0.2, 0) is 11.3 Å². The van der Waals surface area contributed by atoms with Crippen LogP contribution in [0.3, 0.4) is 0 Å². The Bertz CT molecular complexity index is 750.